The van der Waals surface area contributed by atoms with E-state index in [1.807, 2.05) is 12.1 Å². The molecule has 1 N–H and O–H groups in total. The van der Waals surface area contributed by atoms with Crippen LogP contribution >= 0.6 is 0 Å². The van der Waals surface area contributed by atoms with Crippen LogP contribution in [0.3, 0.4) is 0 Å². The van der Waals surface area contributed by atoms with Gasteiger partial charge in [0.25, 0.3) is 0 Å². The number of aliphatic carboxylic acids is 1. The highest BCUT2D eigenvalue weighted by Gasteiger charge is 2.28. The molecule has 2 rings (SSSR count). The molecule has 1 aromatic carbocycles. The number of ether oxygens (including phenoxy) is 1. The second-order valence-electron chi connectivity index (χ2n) is 5.15. The van der Waals surface area contributed by atoms with E-state index in [-0.39, 0.29) is 6.42 Å². The van der Waals surface area contributed by atoms with Crippen molar-refractivity contribution in [1.29, 1.82) is 0 Å². The largest absolute Gasteiger partial charge is 0.494 e. The summed E-state index contributed by atoms with van der Waals surface area (Å²) in [7, 11) is 0. The summed E-state index contributed by atoms with van der Waals surface area (Å²) in [6.07, 6.45) is 1.30. The minimum atomic E-state index is -0.695. The first-order valence-electron chi connectivity index (χ1n) is 6.83. The second kappa shape index (κ2) is 6.57. The van der Waals surface area contributed by atoms with Crippen LogP contribution in [-0.2, 0) is 11.3 Å². The third-order valence-electron chi connectivity index (χ3n) is 3.27. The third-order valence-corrected chi connectivity index (χ3v) is 3.27. The van der Waals surface area contributed by atoms with Crippen molar-refractivity contribution < 1.29 is 14.6 Å². The number of hydrogen-bond donors (Lipinski definition) is 1. The number of hydrogen-bond acceptors (Lipinski definition) is 3. The molecule has 1 aromatic rings. The van der Waals surface area contributed by atoms with Crippen LogP contribution < -0.4 is 4.74 Å². The fourth-order valence-corrected chi connectivity index (χ4v) is 2.39. The van der Waals surface area contributed by atoms with E-state index in [0.29, 0.717) is 5.92 Å². The zero-order chi connectivity index (χ0) is 13.7. The molecule has 0 aliphatic carbocycles. The first-order valence-corrected chi connectivity index (χ1v) is 6.83. The Hall–Kier alpha value is -1.55. The fourth-order valence-electron chi connectivity index (χ4n) is 2.39. The average Bonchev–Trinajstić information content (AvgIpc) is 2.34. The summed E-state index contributed by atoms with van der Waals surface area (Å²) in [5.41, 5.74) is 1.22. The van der Waals surface area contributed by atoms with E-state index in [1.54, 1.807) is 0 Å². The minimum absolute atomic E-state index is 0.288. The molecule has 1 aliphatic heterocycles. The molecule has 1 fully saturated rings. The zero-order valence-corrected chi connectivity index (χ0v) is 11.3. The lowest BCUT2D eigenvalue weighted by molar-refractivity contribution is -0.139. The summed E-state index contributed by atoms with van der Waals surface area (Å²) in [4.78, 5) is 12.8. The van der Waals surface area contributed by atoms with E-state index in [0.717, 1.165) is 38.4 Å². The fraction of sp³-hybridized carbons (Fsp3) is 0.533. The molecular formula is C15H21NO3. The van der Waals surface area contributed by atoms with E-state index in [9.17, 15) is 4.79 Å². The number of likely N-dealkylation sites (tertiary alicyclic amines) is 1. The van der Waals surface area contributed by atoms with Crippen molar-refractivity contribution in [2.75, 3.05) is 19.7 Å². The molecule has 1 aliphatic rings. The molecule has 1 heterocycles. The molecular weight excluding hydrogens is 242 g/mol. The lowest BCUT2D eigenvalue weighted by Gasteiger charge is -2.38. The summed E-state index contributed by atoms with van der Waals surface area (Å²) >= 11 is 0. The van der Waals surface area contributed by atoms with Crippen molar-refractivity contribution in [1.82, 2.24) is 4.90 Å². The Labute approximate surface area is 114 Å². The van der Waals surface area contributed by atoms with Gasteiger partial charge in [0.2, 0.25) is 0 Å². The van der Waals surface area contributed by atoms with Crippen LogP contribution in [0.5, 0.6) is 5.75 Å². The summed E-state index contributed by atoms with van der Waals surface area (Å²) in [6.45, 7) is 5.47. The molecule has 4 nitrogen and oxygen atoms in total. The molecule has 0 radical (unpaired) electrons. The van der Waals surface area contributed by atoms with Crippen molar-refractivity contribution in [3.05, 3.63) is 29.8 Å². The third kappa shape index (κ3) is 4.24. The van der Waals surface area contributed by atoms with Crippen LogP contribution in [0, 0.1) is 5.92 Å². The standard InChI is InChI=1S/C15H21NO3/c1-2-6-19-14-5-3-4-12(7-14)9-16-10-13(11-16)8-15(17)18/h3-5,7,13H,2,6,8-11H2,1H3,(H,17,18). The predicted octanol–water partition coefficient (Wildman–Crippen LogP) is 2.38. The van der Waals surface area contributed by atoms with E-state index in [1.165, 1.54) is 5.56 Å². The summed E-state index contributed by atoms with van der Waals surface area (Å²) < 4.78 is 5.61. The van der Waals surface area contributed by atoms with Crippen molar-refractivity contribution >= 4 is 5.97 Å². The molecule has 4 heteroatoms. The number of nitrogens with zero attached hydrogens (tertiary/aromatic N) is 1. The van der Waals surface area contributed by atoms with E-state index in [4.69, 9.17) is 9.84 Å². The van der Waals surface area contributed by atoms with Crippen LogP contribution in [0.2, 0.25) is 0 Å². The second-order valence-corrected chi connectivity index (χ2v) is 5.15. The molecule has 0 aromatic heterocycles. The van der Waals surface area contributed by atoms with Gasteiger partial charge in [-0.1, -0.05) is 19.1 Å². The molecule has 0 atom stereocenters. The number of carboxylic acid groups (broad SMARTS) is 1. The van der Waals surface area contributed by atoms with Gasteiger partial charge in [-0.15, -0.1) is 0 Å². The van der Waals surface area contributed by atoms with Crippen LogP contribution in [0.1, 0.15) is 25.3 Å². The van der Waals surface area contributed by atoms with Gasteiger partial charge < -0.3 is 9.84 Å². The van der Waals surface area contributed by atoms with E-state index in [2.05, 4.69) is 24.0 Å². The van der Waals surface area contributed by atoms with Crippen molar-refractivity contribution in [2.45, 2.75) is 26.3 Å². The maximum absolute atomic E-state index is 10.6. The van der Waals surface area contributed by atoms with E-state index >= 15 is 0 Å². The van der Waals surface area contributed by atoms with Crippen LogP contribution in [-0.4, -0.2) is 35.7 Å². The highest BCUT2D eigenvalue weighted by Crippen LogP contribution is 2.23. The predicted molar refractivity (Wildman–Crippen MR) is 73.2 cm³/mol. The minimum Gasteiger partial charge on any atom is -0.494 e. The molecule has 1 saturated heterocycles. The summed E-state index contributed by atoms with van der Waals surface area (Å²) in [5.74, 6) is 0.540. The molecule has 19 heavy (non-hydrogen) atoms. The Kier molecular flexibility index (Phi) is 4.80. The van der Waals surface area contributed by atoms with Crippen LogP contribution in [0.25, 0.3) is 0 Å². The van der Waals surface area contributed by atoms with Gasteiger partial charge in [0.15, 0.2) is 0 Å². The summed E-state index contributed by atoms with van der Waals surface area (Å²) in [5, 5.41) is 8.71. The number of carboxylic acids is 1. The van der Waals surface area contributed by atoms with Crippen molar-refractivity contribution in [3.63, 3.8) is 0 Å². The molecule has 104 valence electrons. The van der Waals surface area contributed by atoms with Gasteiger partial charge in [-0.25, -0.2) is 0 Å². The van der Waals surface area contributed by atoms with Gasteiger partial charge in [0.05, 0.1) is 13.0 Å². The monoisotopic (exact) mass is 263 g/mol. The highest BCUT2D eigenvalue weighted by molar-refractivity contribution is 5.67. The first kappa shape index (κ1) is 13.9. The Morgan fingerprint density at radius 1 is 1.47 bits per heavy atom. The lowest BCUT2D eigenvalue weighted by Crippen LogP contribution is -2.46. The van der Waals surface area contributed by atoms with Gasteiger partial charge in [-0.05, 0) is 30.0 Å². The van der Waals surface area contributed by atoms with Crippen LogP contribution in [0.4, 0.5) is 0 Å². The molecule has 0 spiro atoms. The lowest BCUT2D eigenvalue weighted by atomic mass is 9.96. The molecule has 0 bridgehead atoms. The summed E-state index contributed by atoms with van der Waals surface area (Å²) in [6, 6.07) is 8.14. The maximum Gasteiger partial charge on any atom is 0.303 e. The average molecular weight is 263 g/mol. The molecule has 0 amide bonds. The Balaban J connectivity index is 1.79. The number of benzene rings is 1. The Morgan fingerprint density at radius 3 is 2.95 bits per heavy atom. The number of rotatable bonds is 7. The normalized spacial score (nSPS) is 16.1. The number of carbonyl (C=O) groups is 1. The zero-order valence-electron chi connectivity index (χ0n) is 11.3. The first-order chi connectivity index (χ1) is 9.17. The van der Waals surface area contributed by atoms with Crippen LogP contribution in [0.15, 0.2) is 24.3 Å². The van der Waals surface area contributed by atoms with Crippen molar-refractivity contribution in [3.8, 4) is 5.75 Å². The van der Waals surface area contributed by atoms with Crippen molar-refractivity contribution in [2.24, 2.45) is 5.92 Å². The van der Waals surface area contributed by atoms with Gasteiger partial charge in [-0.3, -0.25) is 9.69 Å². The van der Waals surface area contributed by atoms with Gasteiger partial charge >= 0.3 is 5.97 Å². The smallest absolute Gasteiger partial charge is 0.303 e. The maximum atomic E-state index is 10.6. The van der Waals surface area contributed by atoms with Gasteiger partial charge in [0.1, 0.15) is 5.75 Å². The molecule has 0 unspecified atom stereocenters. The SMILES string of the molecule is CCCOc1cccc(CN2CC(CC(=O)O)C2)c1. The quantitative estimate of drug-likeness (QED) is 0.820. The van der Waals surface area contributed by atoms with E-state index < -0.39 is 5.97 Å². The topological polar surface area (TPSA) is 49.8 Å². The Bertz CT molecular complexity index is 427. The molecule has 0 saturated carbocycles. The van der Waals surface area contributed by atoms with Gasteiger partial charge in [-0.2, -0.15) is 0 Å². The highest BCUT2D eigenvalue weighted by atomic mass is 16.5. The Morgan fingerprint density at radius 2 is 2.26 bits per heavy atom. The van der Waals surface area contributed by atoms with Gasteiger partial charge in [0, 0.05) is 19.6 Å².